The molecule has 0 bridgehead atoms. The second-order valence-corrected chi connectivity index (χ2v) is 7.93. The number of amides is 1. The molecule has 0 fully saturated rings. The molecule has 116 valence electrons. The van der Waals surface area contributed by atoms with Crippen LogP contribution < -0.4 is 5.32 Å². The van der Waals surface area contributed by atoms with Gasteiger partial charge in [-0.05, 0) is 46.6 Å². The molecular formula is C15H26BrNO3. The van der Waals surface area contributed by atoms with Gasteiger partial charge < -0.3 is 15.5 Å². The van der Waals surface area contributed by atoms with E-state index < -0.39 is 16.0 Å². The van der Waals surface area contributed by atoms with Crippen molar-refractivity contribution in [1.29, 1.82) is 0 Å². The molecule has 4 nitrogen and oxygen atoms in total. The summed E-state index contributed by atoms with van der Waals surface area (Å²) >= 11 is 3.29. The van der Waals surface area contributed by atoms with Crippen molar-refractivity contribution in [3.05, 3.63) is 23.8 Å². The van der Waals surface area contributed by atoms with E-state index in [2.05, 4.69) is 21.2 Å². The number of carbonyl (C=O) groups is 1. The van der Waals surface area contributed by atoms with Crippen molar-refractivity contribution in [3.8, 4) is 0 Å². The molecule has 3 N–H and O–H groups in total. The highest BCUT2D eigenvalue weighted by Crippen LogP contribution is 2.15. The summed E-state index contributed by atoms with van der Waals surface area (Å²) in [5.74, 6) is -0.0830. The van der Waals surface area contributed by atoms with E-state index in [1.165, 1.54) is 0 Å². The number of carbonyl (C=O) groups excluding carboxylic acids is 1. The van der Waals surface area contributed by atoms with E-state index >= 15 is 0 Å². The van der Waals surface area contributed by atoms with Crippen LogP contribution in [0.5, 0.6) is 0 Å². The third-order valence-corrected chi connectivity index (χ3v) is 2.76. The number of hydrogen-bond donors (Lipinski definition) is 3. The van der Waals surface area contributed by atoms with E-state index in [-0.39, 0.29) is 5.91 Å². The van der Waals surface area contributed by atoms with Gasteiger partial charge in [0.15, 0.2) is 0 Å². The van der Waals surface area contributed by atoms with Crippen LogP contribution >= 0.6 is 15.9 Å². The standard InChI is InChI=1S/C15H26BrNO3/c1-11(18)10-12(6-8-14(2,3)20)7-9-17-13(19)15(4,5)16/h6,8,10-11,18,20H,7,9H2,1-5H3,(H,17,19)/b8-6-,12-10+. The van der Waals surface area contributed by atoms with Crippen molar-refractivity contribution in [2.45, 2.75) is 57.1 Å². The minimum atomic E-state index is -0.904. The van der Waals surface area contributed by atoms with Crippen LogP contribution in [0.15, 0.2) is 23.8 Å². The van der Waals surface area contributed by atoms with E-state index in [0.717, 1.165) is 5.57 Å². The summed E-state index contributed by atoms with van der Waals surface area (Å²) in [6.45, 7) is 9.06. The summed E-state index contributed by atoms with van der Waals surface area (Å²) in [6, 6.07) is 0. The Morgan fingerprint density at radius 2 is 1.90 bits per heavy atom. The van der Waals surface area contributed by atoms with Crippen LogP contribution in [0.3, 0.4) is 0 Å². The van der Waals surface area contributed by atoms with Crippen molar-refractivity contribution in [2.24, 2.45) is 0 Å². The molecule has 0 aliphatic carbocycles. The number of alkyl halides is 1. The molecule has 0 aromatic carbocycles. The van der Waals surface area contributed by atoms with Gasteiger partial charge in [-0.15, -0.1) is 0 Å². The molecule has 0 saturated carbocycles. The van der Waals surface area contributed by atoms with Gasteiger partial charge in [-0.25, -0.2) is 0 Å². The highest BCUT2D eigenvalue weighted by molar-refractivity contribution is 9.10. The summed E-state index contributed by atoms with van der Waals surface area (Å²) in [5, 5.41) is 21.9. The number of hydrogen-bond acceptors (Lipinski definition) is 3. The number of aliphatic hydroxyl groups is 2. The van der Waals surface area contributed by atoms with Gasteiger partial charge in [0.25, 0.3) is 0 Å². The van der Waals surface area contributed by atoms with Gasteiger partial charge in [-0.2, -0.15) is 0 Å². The Labute approximate surface area is 130 Å². The fourth-order valence-corrected chi connectivity index (χ4v) is 1.51. The van der Waals surface area contributed by atoms with Crippen LogP contribution in [0.2, 0.25) is 0 Å². The summed E-state index contributed by atoms with van der Waals surface area (Å²) in [7, 11) is 0. The maximum atomic E-state index is 11.7. The lowest BCUT2D eigenvalue weighted by molar-refractivity contribution is -0.122. The highest BCUT2D eigenvalue weighted by atomic mass is 79.9. The van der Waals surface area contributed by atoms with Crippen LogP contribution in [-0.4, -0.2) is 38.7 Å². The van der Waals surface area contributed by atoms with Crippen LogP contribution in [0.25, 0.3) is 0 Å². The van der Waals surface area contributed by atoms with Gasteiger partial charge in [0.05, 0.1) is 16.0 Å². The number of halogens is 1. The molecule has 0 saturated heterocycles. The Balaban J connectivity index is 4.56. The molecule has 5 heteroatoms. The summed E-state index contributed by atoms with van der Waals surface area (Å²) in [5.41, 5.74) is -0.0337. The van der Waals surface area contributed by atoms with E-state index in [9.17, 15) is 15.0 Å². The molecule has 1 amide bonds. The Hall–Kier alpha value is -0.650. The van der Waals surface area contributed by atoms with Crippen LogP contribution in [0.1, 0.15) is 41.0 Å². The normalized spacial score (nSPS) is 15.5. The van der Waals surface area contributed by atoms with Crippen molar-refractivity contribution in [3.63, 3.8) is 0 Å². The predicted molar refractivity (Wildman–Crippen MR) is 85.8 cm³/mol. The van der Waals surface area contributed by atoms with Crippen LogP contribution in [-0.2, 0) is 4.79 Å². The Bertz CT molecular complexity index is 374. The van der Waals surface area contributed by atoms with E-state index in [1.807, 2.05) is 0 Å². The van der Waals surface area contributed by atoms with Gasteiger partial charge in [-0.3, -0.25) is 4.79 Å². The Morgan fingerprint density at radius 3 is 2.30 bits per heavy atom. The van der Waals surface area contributed by atoms with E-state index in [1.54, 1.807) is 52.8 Å². The SMILES string of the molecule is CC(O)/C=C(\C=C/C(C)(C)O)CCNC(=O)C(C)(C)Br. The Morgan fingerprint density at radius 1 is 1.35 bits per heavy atom. The molecule has 0 aromatic rings. The first-order chi connectivity index (χ1) is 8.92. The third kappa shape index (κ3) is 10.2. The molecule has 0 rings (SSSR count). The minimum Gasteiger partial charge on any atom is -0.389 e. The summed E-state index contributed by atoms with van der Waals surface area (Å²) < 4.78 is -0.593. The lowest BCUT2D eigenvalue weighted by Gasteiger charge is -2.16. The van der Waals surface area contributed by atoms with Crippen molar-refractivity contribution in [2.75, 3.05) is 6.54 Å². The van der Waals surface area contributed by atoms with Gasteiger partial charge in [0, 0.05) is 6.54 Å². The zero-order valence-electron chi connectivity index (χ0n) is 12.9. The molecule has 0 radical (unpaired) electrons. The molecule has 1 atom stereocenters. The summed E-state index contributed by atoms with van der Waals surface area (Å²) in [6.07, 6.45) is 5.16. The minimum absolute atomic E-state index is 0.0830. The number of nitrogens with one attached hydrogen (secondary N) is 1. The maximum Gasteiger partial charge on any atom is 0.236 e. The third-order valence-electron chi connectivity index (χ3n) is 2.40. The second-order valence-electron chi connectivity index (χ2n) is 5.95. The van der Waals surface area contributed by atoms with E-state index in [0.29, 0.717) is 13.0 Å². The van der Waals surface area contributed by atoms with Crippen molar-refractivity contribution < 1.29 is 15.0 Å². The molecule has 20 heavy (non-hydrogen) atoms. The highest BCUT2D eigenvalue weighted by Gasteiger charge is 2.22. The smallest absolute Gasteiger partial charge is 0.236 e. The average Bonchev–Trinajstić information content (AvgIpc) is 2.22. The molecule has 1 unspecified atom stereocenters. The molecule has 0 spiro atoms. The molecule has 0 aromatic heterocycles. The first kappa shape index (κ1) is 19.4. The number of rotatable bonds is 7. The van der Waals surface area contributed by atoms with Crippen molar-refractivity contribution in [1.82, 2.24) is 5.32 Å². The van der Waals surface area contributed by atoms with Gasteiger partial charge in [0.2, 0.25) is 5.91 Å². The van der Waals surface area contributed by atoms with E-state index in [4.69, 9.17) is 0 Å². The number of allylic oxidation sites excluding steroid dienone is 1. The lowest BCUT2D eigenvalue weighted by atomic mass is 10.0. The number of aliphatic hydroxyl groups excluding tert-OH is 1. The first-order valence-corrected chi connectivity index (χ1v) is 7.49. The summed E-state index contributed by atoms with van der Waals surface area (Å²) in [4.78, 5) is 11.7. The molecule has 0 aliphatic rings. The van der Waals surface area contributed by atoms with Gasteiger partial charge in [0.1, 0.15) is 0 Å². The zero-order chi connectivity index (χ0) is 16.0. The topological polar surface area (TPSA) is 69.6 Å². The molecule has 0 heterocycles. The van der Waals surface area contributed by atoms with Gasteiger partial charge in [-0.1, -0.05) is 34.2 Å². The predicted octanol–water partition coefficient (Wildman–Crippen LogP) is 2.30. The molecular weight excluding hydrogens is 322 g/mol. The van der Waals surface area contributed by atoms with Crippen LogP contribution in [0, 0.1) is 0 Å². The molecule has 0 aliphatic heterocycles. The maximum absolute atomic E-state index is 11.7. The average molecular weight is 348 g/mol. The van der Waals surface area contributed by atoms with Crippen molar-refractivity contribution >= 4 is 21.8 Å². The van der Waals surface area contributed by atoms with Crippen LogP contribution in [0.4, 0.5) is 0 Å². The van der Waals surface area contributed by atoms with Gasteiger partial charge >= 0.3 is 0 Å². The lowest BCUT2D eigenvalue weighted by Crippen LogP contribution is -2.38. The quantitative estimate of drug-likeness (QED) is 0.488. The monoisotopic (exact) mass is 347 g/mol. The Kier molecular flexibility index (Phi) is 7.70. The largest absolute Gasteiger partial charge is 0.389 e. The first-order valence-electron chi connectivity index (χ1n) is 6.69. The fraction of sp³-hybridized carbons (Fsp3) is 0.667. The second kappa shape index (κ2) is 7.96. The fourth-order valence-electron chi connectivity index (χ4n) is 1.37. The zero-order valence-corrected chi connectivity index (χ0v) is 14.5.